The number of guanidine groups is 1. The lowest BCUT2D eigenvalue weighted by atomic mass is 9.25. The Hall–Kier alpha value is -5.01. The molecule has 94 heavy (non-hydrogen) atoms. The number of carbonyl (C=O) groups excluding carboxylic acids is 1. The Morgan fingerprint density at radius 2 is 1.71 bits per heavy atom. The number of imidazole rings is 2. The van der Waals surface area contributed by atoms with Crippen LogP contribution in [-0.2, 0) is 30.9 Å². The van der Waals surface area contributed by atoms with Gasteiger partial charge in [0, 0.05) is 86.7 Å². The van der Waals surface area contributed by atoms with E-state index in [1.807, 2.05) is 13.0 Å². The van der Waals surface area contributed by atoms with E-state index in [0.717, 1.165) is 43.4 Å². The number of rotatable bonds is 15. The Kier molecular flexibility index (Phi) is 16.8. The van der Waals surface area contributed by atoms with E-state index < -0.39 is 170 Å². The highest BCUT2D eigenvalue weighted by atomic mass is 16.7. The Bertz CT molecular complexity index is 3350. The topological polar surface area (TPSA) is 405 Å². The summed E-state index contributed by atoms with van der Waals surface area (Å²) in [6, 6.07) is -0.950. The van der Waals surface area contributed by atoms with Crippen LogP contribution >= 0.6 is 0 Å². The zero-order valence-electron chi connectivity index (χ0n) is 55.1. The molecule has 8 fully saturated rings. The Morgan fingerprint density at radius 3 is 2.43 bits per heavy atom. The second kappa shape index (κ2) is 23.9. The predicted octanol–water partition coefficient (Wildman–Crippen LogP) is 1.61. The summed E-state index contributed by atoms with van der Waals surface area (Å²) in [4.78, 5) is 51.7. The van der Waals surface area contributed by atoms with Crippen molar-refractivity contribution in [1.29, 1.82) is 0 Å². The molecule has 12 aliphatic rings. The number of carboxylic acids is 1. The van der Waals surface area contributed by atoms with Gasteiger partial charge >= 0.3 is 5.97 Å². The predicted molar refractivity (Wildman–Crippen MR) is 345 cm³/mol. The van der Waals surface area contributed by atoms with Crippen LogP contribution in [0, 0.1) is 121 Å². The van der Waals surface area contributed by atoms with Gasteiger partial charge in [-0.25, -0.2) is 9.97 Å². The molecule has 1 spiro atoms. The third kappa shape index (κ3) is 9.02. The van der Waals surface area contributed by atoms with Gasteiger partial charge in [0.2, 0.25) is 5.91 Å². The molecule has 0 bridgehead atoms. The Morgan fingerprint density at radius 1 is 0.926 bits per heavy atom. The molecule has 516 valence electrons. The molecule has 9 aliphatic carbocycles. The number of hydrogen-bond acceptors (Lipinski definition) is 18. The van der Waals surface area contributed by atoms with Gasteiger partial charge in [0.1, 0.15) is 30.4 Å². The summed E-state index contributed by atoms with van der Waals surface area (Å²) in [6.07, 6.45) is 8.04. The molecule has 19 N–H and O–H groups in total. The minimum absolute atomic E-state index is 0.0397. The molecular formula is C70H103N11O13. The number of fused-ring (bicyclic) bond motifs is 9. The average molecular weight is 1310 g/mol. The van der Waals surface area contributed by atoms with Gasteiger partial charge in [-0.3, -0.25) is 14.6 Å². The van der Waals surface area contributed by atoms with Crippen molar-refractivity contribution in [3.05, 3.63) is 54.0 Å². The van der Waals surface area contributed by atoms with Gasteiger partial charge in [0.25, 0.3) is 0 Å². The monoisotopic (exact) mass is 1310 g/mol. The zero-order valence-corrected chi connectivity index (χ0v) is 55.1. The van der Waals surface area contributed by atoms with Gasteiger partial charge in [-0.2, -0.15) is 0 Å². The van der Waals surface area contributed by atoms with E-state index in [1.165, 1.54) is 6.33 Å². The van der Waals surface area contributed by atoms with Crippen molar-refractivity contribution in [3.8, 4) is 11.8 Å². The maximum absolute atomic E-state index is 16.4. The zero-order chi connectivity index (χ0) is 66.5. The number of carboxylic acid groups (broad SMARTS) is 1. The second-order valence-corrected chi connectivity index (χ2v) is 32.2. The van der Waals surface area contributed by atoms with E-state index in [2.05, 4.69) is 86.0 Å². The average Bonchev–Trinajstić information content (AvgIpc) is 0.727. The fourth-order valence-corrected chi connectivity index (χ4v) is 24.5. The molecule has 6 saturated carbocycles. The summed E-state index contributed by atoms with van der Waals surface area (Å²) in [7, 11) is 1.58. The van der Waals surface area contributed by atoms with Gasteiger partial charge in [-0.15, -0.1) is 0 Å². The van der Waals surface area contributed by atoms with E-state index in [9.17, 15) is 46.0 Å². The van der Waals surface area contributed by atoms with Crippen LogP contribution in [0.5, 0.6) is 0 Å². The van der Waals surface area contributed by atoms with Crippen LogP contribution in [0.2, 0.25) is 0 Å². The Labute approximate surface area is 550 Å². The quantitative estimate of drug-likeness (QED) is 0.0229. The molecule has 5 heterocycles. The highest BCUT2D eigenvalue weighted by molar-refractivity contribution is 5.88. The fourth-order valence-electron chi connectivity index (χ4n) is 24.5. The van der Waals surface area contributed by atoms with Crippen LogP contribution in [0.25, 0.3) is 0 Å². The number of hydrogen-bond donors (Lipinski definition) is 17. The first-order valence-electron chi connectivity index (χ1n) is 35.2. The first kappa shape index (κ1) is 66.2. The minimum Gasteiger partial charge on any atom is -0.481 e. The van der Waals surface area contributed by atoms with E-state index >= 15 is 9.59 Å². The molecule has 28 unspecified atom stereocenters. The fraction of sp³-hybridized carbons (Fsp3) is 0.786. The standard InChI is InChI=1S/C70H103N11O13/c1-63(31-82)20-21-68(61(91)92)42(26-63)40-24-35-13-14-36-12-9-17-67(36)49-38(15-19-69(47-29-75-33-79-47,54(49)81-60(67)90)55(88)39(57(71)89)27-74-22-23-76-62(72)73-5)48-51(86)56(94-59-52(87)50(85)45(84)30-93-59)64(2,32-83)46-16-18-65(3,53(35)70(46,48)37-10-7-6-8-11-37)66(40,4)41-25-44-58(80-34-78-44)77-28-43(41)68/h15,19,24,29,33-39,41-43,45-46,48-57,59,74,77,82-89H,6-12,16-18,20-23,25-28,30-32,71H2,1-5H3,(H,75,79)(H,78,80)(H,81,90)(H,91,92)(H3,72,73,76). The maximum Gasteiger partial charge on any atom is 0.310 e. The van der Waals surface area contributed by atoms with Gasteiger partial charge < -0.3 is 98.1 Å². The van der Waals surface area contributed by atoms with Crippen molar-refractivity contribution in [1.82, 2.24) is 35.9 Å². The van der Waals surface area contributed by atoms with Crippen LogP contribution in [0.1, 0.15) is 123 Å². The number of nitrogens with two attached hydrogens (primary N) is 2. The van der Waals surface area contributed by atoms with Crippen molar-refractivity contribution >= 4 is 23.7 Å². The molecule has 1 amide bonds. The molecule has 24 heteroatoms. The van der Waals surface area contributed by atoms with Crippen molar-refractivity contribution in [3.63, 3.8) is 0 Å². The van der Waals surface area contributed by atoms with Crippen molar-refractivity contribution < 1.29 is 65.0 Å². The highest BCUT2D eigenvalue weighted by Crippen LogP contribution is 2.83. The van der Waals surface area contributed by atoms with Crippen LogP contribution in [0.4, 0.5) is 5.82 Å². The molecule has 3 aliphatic heterocycles. The van der Waals surface area contributed by atoms with Gasteiger partial charge in [0.05, 0.1) is 72.2 Å². The number of carbonyl (C=O) groups is 2. The largest absolute Gasteiger partial charge is 0.481 e. The van der Waals surface area contributed by atoms with Gasteiger partial charge in [0.15, 0.2) is 12.2 Å². The molecule has 0 radical (unpaired) electrons. The number of aliphatic hydroxyl groups excluding tert-OH is 8. The van der Waals surface area contributed by atoms with E-state index in [1.54, 1.807) is 19.6 Å². The number of ether oxygens (including phenoxy) is 2. The van der Waals surface area contributed by atoms with Crippen molar-refractivity contribution in [2.24, 2.45) is 125 Å². The number of aliphatic hydroxyl groups is 8. The smallest absolute Gasteiger partial charge is 0.310 e. The number of anilines is 1. The first-order chi connectivity index (χ1) is 44.9. The third-order valence-corrected chi connectivity index (χ3v) is 28.8. The first-order valence-corrected chi connectivity index (χ1v) is 35.2. The Balaban J connectivity index is 1.05. The number of amides is 1. The lowest BCUT2D eigenvalue weighted by Crippen LogP contribution is -2.78. The van der Waals surface area contributed by atoms with Gasteiger partial charge in [-0.1, -0.05) is 89.0 Å². The summed E-state index contributed by atoms with van der Waals surface area (Å²) in [6.45, 7) is 9.14. The lowest BCUT2D eigenvalue weighted by molar-refractivity contribution is -0.357. The highest BCUT2D eigenvalue weighted by Gasteiger charge is 2.82. The number of aromatic nitrogens is 4. The van der Waals surface area contributed by atoms with Crippen LogP contribution in [0.3, 0.4) is 0 Å². The second-order valence-electron chi connectivity index (χ2n) is 32.2. The molecule has 2 aromatic rings. The number of nitrogens with zero attached hydrogens (tertiary/aromatic N) is 3. The normalized spacial score (nSPS) is 47.7. The number of aliphatic carboxylic acids is 1. The summed E-state index contributed by atoms with van der Waals surface area (Å²) >= 11 is 0. The van der Waals surface area contributed by atoms with Crippen molar-refractivity contribution in [2.75, 3.05) is 58.4 Å². The van der Waals surface area contributed by atoms with Crippen molar-refractivity contribution in [2.45, 2.75) is 178 Å². The van der Waals surface area contributed by atoms with E-state index in [-0.39, 0.29) is 43.5 Å². The van der Waals surface area contributed by atoms with E-state index in [0.29, 0.717) is 88.9 Å². The number of H-pyrrole nitrogens is 2. The third-order valence-electron chi connectivity index (χ3n) is 28.8. The number of aliphatic imine (C=N–C) groups is 1. The maximum atomic E-state index is 16.4. The summed E-state index contributed by atoms with van der Waals surface area (Å²) in [5, 5.41) is 125. The number of nitrogens with one attached hydrogen (secondary N) is 6. The lowest BCUT2D eigenvalue weighted by Gasteiger charge is -2.78. The summed E-state index contributed by atoms with van der Waals surface area (Å²) in [5.41, 5.74) is 6.51. The molecule has 28 atom stereocenters. The van der Waals surface area contributed by atoms with Gasteiger partial charge in [-0.05, 0) is 127 Å². The molecule has 0 aromatic carbocycles. The van der Waals surface area contributed by atoms with E-state index in [4.69, 9.17) is 25.9 Å². The molecular weight excluding hydrogens is 1200 g/mol. The summed E-state index contributed by atoms with van der Waals surface area (Å²) in [5.74, 6) is 1.22. The molecule has 2 saturated heterocycles. The minimum atomic E-state index is -1.74. The van der Waals surface area contributed by atoms with Crippen LogP contribution < -0.4 is 32.7 Å². The van der Waals surface area contributed by atoms with Crippen LogP contribution in [-0.4, -0.2) is 192 Å². The van der Waals surface area contributed by atoms with Crippen LogP contribution in [0.15, 0.2) is 47.6 Å². The summed E-state index contributed by atoms with van der Waals surface area (Å²) < 4.78 is 13.3. The SMILES string of the molecule is CN=C(N)NCCNCC(C(N)O)C(O)C1(c2cnc[nH]2)C=CC2C3C1NC(=O)C31CCCC1C#CC1C=C3C4CC(C)(CO)CCC4(C(=O)O)C4CNc5nc[nH]c5CC4C3(C)C3(C)CCC4C(C)(CO)C(OC5OCC(O)C(O)C5O)C(O)C2C4(C2CCCCC2)C13. The molecule has 2 aromatic heterocycles. The molecule has 24 nitrogen and oxygen atoms in total. The number of allylic oxidation sites excluding steroid dienone is 3. The molecule has 14 rings (SSSR count). The number of aromatic amines is 2.